The van der Waals surface area contributed by atoms with Gasteiger partial charge in [0.25, 0.3) is 0 Å². The number of sulfonamides is 1. The van der Waals surface area contributed by atoms with Crippen molar-refractivity contribution in [2.75, 3.05) is 39.3 Å². The zero-order valence-corrected chi connectivity index (χ0v) is 16.1. The molecule has 1 aromatic carbocycles. The number of carbonyl (C=O) groups excluding carboxylic acids is 1. The molecule has 2 saturated heterocycles. The number of halogens is 1. The van der Waals surface area contributed by atoms with Gasteiger partial charge in [-0.2, -0.15) is 4.31 Å². The van der Waals surface area contributed by atoms with Crippen molar-refractivity contribution in [2.45, 2.75) is 12.7 Å². The molecule has 1 amide bonds. The van der Waals surface area contributed by atoms with E-state index < -0.39 is 10.0 Å². The summed E-state index contributed by atoms with van der Waals surface area (Å²) in [6.07, 6.45) is 0. The molecule has 1 unspecified atom stereocenters. The van der Waals surface area contributed by atoms with Crippen LogP contribution in [0.2, 0.25) is 0 Å². The molecule has 2 aliphatic heterocycles. The average molecular weight is 388 g/mol. The molecule has 0 spiro atoms. The third-order valence-electron chi connectivity index (χ3n) is 5.05. The lowest BCUT2D eigenvalue weighted by atomic mass is 9.88. The number of hydrogen-bond acceptors (Lipinski definition) is 4. The highest BCUT2D eigenvalue weighted by Gasteiger charge is 2.34. The number of carbonyl (C=O) groups is 1. The lowest BCUT2D eigenvalue weighted by molar-refractivity contribution is -0.138. The first-order valence-corrected chi connectivity index (χ1v) is 10.1. The maximum absolute atomic E-state index is 12.5. The average Bonchev–Trinajstić information content (AvgIpc) is 2.53. The highest BCUT2D eigenvalue weighted by Crippen LogP contribution is 2.20. The van der Waals surface area contributed by atoms with Crippen LogP contribution in [0.5, 0.6) is 0 Å². The van der Waals surface area contributed by atoms with Crippen LogP contribution in [0.1, 0.15) is 12.5 Å². The van der Waals surface area contributed by atoms with E-state index in [-0.39, 0.29) is 30.0 Å². The van der Waals surface area contributed by atoms with Gasteiger partial charge in [0, 0.05) is 32.1 Å². The number of piperazine rings is 1. The number of nitrogens with zero attached hydrogens (tertiary/aromatic N) is 2. The number of hydrogen-bond donors (Lipinski definition) is 1. The van der Waals surface area contributed by atoms with Gasteiger partial charge >= 0.3 is 0 Å². The van der Waals surface area contributed by atoms with Crippen molar-refractivity contribution in [2.24, 2.45) is 11.8 Å². The zero-order valence-electron chi connectivity index (χ0n) is 14.4. The molecule has 8 heteroatoms. The molecule has 25 heavy (non-hydrogen) atoms. The van der Waals surface area contributed by atoms with Crippen LogP contribution >= 0.6 is 12.4 Å². The Morgan fingerprint density at radius 1 is 1.16 bits per heavy atom. The van der Waals surface area contributed by atoms with Crippen molar-refractivity contribution in [3.8, 4) is 0 Å². The van der Waals surface area contributed by atoms with Crippen molar-refractivity contribution in [1.29, 1.82) is 0 Å². The van der Waals surface area contributed by atoms with Gasteiger partial charge in [0.2, 0.25) is 15.9 Å². The van der Waals surface area contributed by atoms with Gasteiger partial charge < -0.3 is 10.2 Å². The fourth-order valence-electron chi connectivity index (χ4n) is 3.22. The molecule has 0 radical (unpaired) electrons. The Morgan fingerprint density at radius 2 is 1.76 bits per heavy atom. The quantitative estimate of drug-likeness (QED) is 0.816. The van der Waals surface area contributed by atoms with Gasteiger partial charge in [0.1, 0.15) is 0 Å². The molecule has 2 heterocycles. The van der Waals surface area contributed by atoms with Gasteiger partial charge in [-0.1, -0.05) is 37.3 Å². The molecular formula is C17H26ClN3O3S. The summed E-state index contributed by atoms with van der Waals surface area (Å²) in [6, 6.07) is 9.22. The van der Waals surface area contributed by atoms with Crippen molar-refractivity contribution in [3.05, 3.63) is 35.9 Å². The lowest BCUT2D eigenvalue weighted by Gasteiger charge is -2.38. The molecule has 2 fully saturated rings. The number of nitrogens with one attached hydrogen (secondary N) is 1. The first-order valence-electron chi connectivity index (χ1n) is 8.48. The van der Waals surface area contributed by atoms with Crippen LogP contribution < -0.4 is 5.32 Å². The van der Waals surface area contributed by atoms with Gasteiger partial charge in [0.15, 0.2) is 0 Å². The van der Waals surface area contributed by atoms with Crippen LogP contribution in [0.15, 0.2) is 30.3 Å². The Hall–Kier alpha value is -1.15. The Labute approximate surface area is 156 Å². The van der Waals surface area contributed by atoms with E-state index >= 15 is 0 Å². The highest BCUT2D eigenvalue weighted by molar-refractivity contribution is 7.88. The van der Waals surface area contributed by atoms with Crippen LogP contribution in [0.4, 0.5) is 0 Å². The van der Waals surface area contributed by atoms with E-state index in [2.05, 4.69) is 5.32 Å². The molecule has 1 atom stereocenters. The summed E-state index contributed by atoms with van der Waals surface area (Å²) in [7, 11) is -3.33. The summed E-state index contributed by atoms with van der Waals surface area (Å²) in [5.74, 6) is 0.601. The molecule has 0 aromatic heterocycles. The fourth-order valence-corrected chi connectivity index (χ4v) is 4.73. The first kappa shape index (κ1) is 20.2. The molecule has 1 N–H and O–H groups in total. The second kappa shape index (κ2) is 8.49. The van der Waals surface area contributed by atoms with E-state index in [4.69, 9.17) is 0 Å². The molecule has 0 bridgehead atoms. The van der Waals surface area contributed by atoms with Crippen molar-refractivity contribution in [1.82, 2.24) is 14.5 Å². The summed E-state index contributed by atoms with van der Waals surface area (Å²) in [5, 5.41) is 3.19. The summed E-state index contributed by atoms with van der Waals surface area (Å²) in [6.45, 7) is 5.52. The monoisotopic (exact) mass is 387 g/mol. The van der Waals surface area contributed by atoms with Crippen LogP contribution in [0.25, 0.3) is 0 Å². The van der Waals surface area contributed by atoms with E-state index in [1.807, 2.05) is 42.2 Å². The molecule has 140 valence electrons. The Morgan fingerprint density at radius 3 is 2.28 bits per heavy atom. The summed E-state index contributed by atoms with van der Waals surface area (Å²) in [5.41, 5.74) is 0.794. The predicted octanol–water partition coefficient (Wildman–Crippen LogP) is 0.938. The molecule has 2 aliphatic rings. The van der Waals surface area contributed by atoms with E-state index in [9.17, 15) is 13.2 Å². The second-order valence-electron chi connectivity index (χ2n) is 6.67. The van der Waals surface area contributed by atoms with Gasteiger partial charge in [0.05, 0.1) is 5.75 Å². The van der Waals surface area contributed by atoms with Gasteiger partial charge in [-0.3, -0.25) is 4.79 Å². The van der Waals surface area contributed by atoms with Crippen molar-refractivity contribution < 1.29 is 13.2 Å². The summed E-state index contributed by atoms with van der Waals surface area (Å²) in [4.78, 5) is 14.3. The minimum absolute atomic E-state index is 0. The van der Waals surface area contributed by atoms with E-state index in [0.29, 0.717) is 32.1 Å². The second-order valence-corrected chi connectivity index (χ2v) is 8.64. The molecule has 6 nitrogen and oxygen atoms in total. The molecule has 1 aromatic rings. The van der Waals surface area contributed by atoms with Crippen LogP contribution in [0, 0.1) is 11.8 Å². The maximum Gasteiger partial charge on any atom is 0.225 e. The van der Waals surface area contributed by atoms with E-state index in [1.54, 1.807) is 0 Å². The van der Waals surface area contributed by atoms with Gasteiger partial charge in [-0.15, -0.1) is 12.4 Å². The van der Waals surface area contributed by atoms with Crippen molar-refractivity contribution in [3.63, 3.8) is 0 Å². The smallest absolute Gasteiger partial charge is 0.225 e. The molecule has 3 rings (SSSR count). The molecule has 0 saturated carbocycles. The minimum Gasteiger partial charge on any atom is -0.340 e. The zero-order chi connectivity index (χ0) is 17.2. The highest BCUT2D eigenvalue weighted by atomic mass is 35.5. The first-order chi connectivity index (χ1) is 11.5. The normalized spacial score (nSPS) is 20.4. The number of benzene rings is 1. The third kappa shape index (κ3) is 4.73. The molecular weight excluding hydrogens is 362 g/mol. The van der Waals surface area contributed by atoms with Crippen molar-refractivity contribution >= 4 is 28.3 Å². The maximum atomic E-state index is 12.5. The third-order valence-corrected chi connectivity index (χ3v) is 6.90. The summed E-state index contributed by atoms with van der Waals surface area (Å²) < 4.78 is 26.6. The van der Waals surface area contributed by atoms with Crippen LogP contribution in [0.3, 0.4) is 0 Å². The molecule has 0 aliphatic carbocycles. The summed E-state index contributed by atoms with van der Waals surface area (Å²) >= 11 is 0. The van der Waals surface area contributed by atoms with Gasteiger partial charge in [-0.05, 0) is 24.6 Å². The fraction of sp³-hybridized carbons (Fsp3) is 0.588. The standard InChI is InChI=1S/C17H25N3O3S.ClH/c1-14(16-11-18-12-16)17(21)19-7-9-20(10-8-19)24(22,23)13-15-5-3-2-4-6-15;/h2-6,14,16,18H,7-13H2,1H3;1H. The Bertz CT molecular complexity index is 672. The lowest BCUT2D eigenvalue weighted by Crippen LogP contribution is -2.55. The topological polar surface area (TPSA) is 69.7 Å². The Kier molecular flexibility index (Phi) is 6.85. The SMILES string of the molecule is CC(C(=O)N1CCN(S(=O)(=O)Cc2ccccc2)CC1)C1CNC1.Cl. The van der Waals surface area contributed by atoms with Crippen LogP contribution in [-0.2, 0) is 20.6 Å². The predicted molar refractivity (Wildman–Crippen MR) is 100.0 cm³/mol. The van der Waals surface area contributed by atoms with Crippen LogP contribution in [-0.4, -0.2) is 62.8 Å². The van der Waals surface area contributed by atoms with E-state index in [0.717, 1.165) is 18.7 Å². The number of amides is 1. The van der Waals surface area contributed by atoms with E-state index in [1.165, 1.54) is 4.31 Å². The Balaban J connectivity index is 0.00000225. The largest absolute Gasteiger partial charge is 0.340 e. The number of rotatable bonds is 5. The van der Waals surface area contributed by atoms with Gasteiger partial charge in [-0.25, -0.2) is 8.42 Å². The minimum atomic E-state index is -3.33.